The lowest BCUT2D eigenvalue weighted by atomic mass is 10.2. The van der Waals surface area contributed by atoms with E-state index < -0.39 is 0 Å². The number of thioether (sulfide) groups is 1. The summed E-state index contributed by atoms with van der Waals surface area (Å²) in [6.07, 6.45) is 2.14. The molecule has 0 saturated carbocycles. The van der Waals surface area contributed by atoms with Crippen molar-refractivity contribution in [2.45, 2.75) is 37.0 Å². The van der Waals surface area contributed by atoms with Crippen LogP contribution in [-0.2, 0) is 12.3 Å². The fourth-order valence-corrected chi connectivity index (χ4v) is 4.21. The molecule has 1 N–H and O–H groups in total. The van der Waals surface area contributed by atoms with Crippen LogP contribution in [0.25, 0.3) is 0 Å². The molecule has 0 saturated heterocycles. The minimum atomic E-state index is -0.0707. The minimum absolute atomic E-state index is 0.0707. The average molecular weight is 413 g/mol. The standard InChI is InChI=1S/C22H24N2O2S2/c1-2-3-11-26-19-8-6-7-17(12-19)13-23-22(25)20-9-4-5-10-21(20)28-15-18-14-27-16-24-18/h4-10,12,14,16H,2-3,11,13,15H2,1H3,(H,23,25). The Morgan fingerprint density at radius 2 is 2.11 bits per heavy atom. The number of nitrogens with zero attached hydrogens (tertiary/aromatic N) is 1. The molecule has 0 aliphatic rings. The van der Waals surface area contributed by atoms with Crippen LogP contribution in [0.2, 0.25) is 0 Å². The van der Waals surface area contributed by atoms with Gasteiger partial charge in [0, 0.05) is 22.6 Å². The van der Waals surface area contributed by atoms with Crippen molar-refractivity contribution in [3.05, 3.63) is 76.2 Å². The van der Waals surface area contributed by atoms with Crippen LogP contribution in [-0.4, -0.2) is 17.5 Å². The molecule has 1 heterocycles. The second kappa shape index (κ2) is 10.9. The highest BCUT2D eigenvalue weighted by Crippen LogP contribution is 2.26. The molecule has 146 valence electrons. The van der Waals surface area contributed by atoms with E-state index in [-0.39, 0.29) is 5.91 Å². The maximum Gasteiger partial charge on any atom is 0.252 e. The van der Waals surface area contributed by atoms with E-state index in [9.17, 15) is 4.79 Å². The fourth-order valence-electron chi connectivity index (χ4n) is 2.60. The summed E-state index contributed by atoms with van der Waals surface area (Å²) in [6.45, 7) is 3.33. The van der Waals surface area contributed by atoms with Gasteiger partial charge in [-0.05, 0) is 36.2 Å². The zero-order chi connectivity index (χ0) is 19.6. The molecule has 0 bridgehead atoms. The van der Waals surface area contributed by atoms with Crippen LogP contribution in [0.4, 0.5) is 0 Å². The molecule has 3 rings (SSSR count). The Balaban J connectivity index is 1.58. The van der Waals surface area contributed by atoms with Crippen LogP contribution < -0.4 is 10.1 Å². The van der Waals surface area contributed by atoms with Crippen LogP contribution in [0.5, 0.6) is 5.75 Å². The van der Waals surface area contributed by atoms with Crippen LogP contribution >= 0.6 is 23.1 Å². The van der Waals surface area contributed by atoms with Crippen LogP contribution in [0, 0.1) is 0 Å². The monoisotopic (exact) mass is 412 g/mol. The summed E-state index contributed by atoms with van der Waals surface area (Å²) in [5.41, 5.74) is 4.58. The number of thiazole rings is 1. The van der Waals surface area contributed by atoms with Crippen LogP contribution in [0.15, 0.2) is 64.3 Å². The number of aromatic nitrogens is 1. The van der Waals surface area contributed by atoms with Gasteiger partial charge in [-0.1, -0.05) is 37.6 Å². The predicted molar refractivity (Wildman–Crippen MR) is 116 cm³/mol. The first-order valence-corrected chi connectivity index (χ1v) is 11.3. The molecule has 0 atom stereocenters. The molecule has 0 aliphatic heterocycles. The van der Waals surface area contributed by atoms with E-state index in [4.69, 9.17) is 4.74 Å². The van der Waals surface area contributed by atoms with E-state index in [1.165, 1.54) is 0 Å². The summed E-state index contributed by atoms with van der Waals surface area (Å²) in [5, 5.41) is 5.05. The Morgan fingerprint density at radius 1 is 1.21 bits per heavy atom. The highest BCUT2D eigenvalue weighted by atomic mass is 32.2. The molecule has 4 nitrogen and oxygen atoms in total. The third kappa shape index (κ3) is 6.11. The average Bonchev–Trinajstić information content (AvgIpc) is 3.25. The number of nitrogens with one attached hydrogen (secondary N) is 1. The van der Waals surface area contributed by atoms with Crippen molar-refractivity contribution < 1.29 is 9.53 Å². The molecule has 6 heteroatoms. The van der Waals surface area contributed by atoms with E-state index >= 15 is 0 Å². The lowest BCUT2D eigenvalue weighted by molar-refractivity contribution is 0.0948. The summed E-state index contributed by atoms with van der Waals surface area (Å²) >= 11 is 3.22. The first-order valence-electron chi connectivity index (χ1n) is 9.35. The highest BCUT2D eigenvalue weighted by molar-refractivity contribution is 7.98. The number of rotatable bonds is 10. The predicted octanol–water partition coefficient (Wildman–Crippen LogP) is 5.54. The number of ether oxygens (including phenoxy) is 1. The molecular weight excluding hydrogens is 388 g/mol. The van der Waals surface area contributed by atoms with Crippen molar-refractivity contribution in [1.29, 1.82) is 0 Å². The Bertz CT molecular complexity index is 882. The van der Waals surface area contributed by atoms with E-state index in [2.05, 4.69) is 17.2 Å². The van der Waals surface area contributed by atoms with Crippen molar-refractivity contribution in [3.63, 3.8) is 0 Å². The third-order valence-corrected chi connectivity index (χ3v) is 5.85. The van der Waals surface area contributed by atoms with Crippen molar-refractivity contribution in [1.82, 2.24) is 10.3 Å². The largest absolute Gasteiger partial charge is 0.494 e. The van der Waals surface area contributed by atoms with Gasteiger partial charge in [0.05, 0.1) is 23.4 Å². The van der Waals surface area contributed by atoms with E-state index in [1.54, 1.807) is 23.1 Å². The van der Waals surface area contributed by atoms with Crippen LogP contribution in [0.1, 0.15) is 41.4 Å². The number of benzene rings is 2. The van der Waals surface area contributed by atoms with Gasteiger partial charge in [-0.2, -0.15) is 0 Å². The second-order valence-corrected chi connectivity index (χ2v) is 8.03. The smallest absolute Gasteiger partial charge is 0.252 e. The van der Waals surface area contributed by atoms with Gasteiger partial charge in [-0.25, -0.2) is 4.98 Å². The quantitative estimate of drug-likeness (QED) is 0.351. The van der Waals surface area contributed by atoms with Gasteiger partial charge in [0.15, 0.2) is 0 Å². The van der Waals surface area contributed by atoms with Crippen molar-refractivity contribution in [3.8, 4) is 5.75 Å². The number of unbranched alkanes of at least 4 members (excludes halogenated alkanes) is 1. The maximum absolute atomic E-state index is 12.7. The topological polar surface area (TPSA) is 51.2 Å². The molecule has 0 unspecified atom stereocenters. The van der Waals surface area contributed by atoms with Gasteiger partial charge >= 0.3 is 0 Å². The summed E-state index contributed by atoms with van der Waals surface area (Å²) in [4.78, 5) is 18.0. The van der Waals surface area contributed by atoms with E-state index in [1.807, 2.05) is 59.4 Å². The minimum Gasteiger partial charge on any atom is -0.494 e. The molecule has 0 spiro atoms. The van der Waals surface area contributed by atoms with Gasteiger partial charge in [-0.3, -0.25) is 4.79 Å². The van der Waals surface area contributed by atoms with Crippen molar-refractivity contribution >= 4 is 29.0 Å². The molecular formula is C22H24N2O2S2. The lowest BCUT2D eigenvalue weighted by Crippen LogP contribution is -2.23. The normalized spacial score (nSPS) is 10.6. The summed E-state index contributed by atoms with van der Waals surface area (Å²) < 4.78 is 5.74. The second-order valence-electron chi connectivity index (χ2n) is 6.30. The molecule has 1 aromatic heterocycles. The Morgan fingerprint density at radius 3 is 2.93 bits per heavy atom. The molecule has 1 amide bonds. The number of amides is 1. The molecule has 0 aliphatic carbocycles. The first-order chi connectivity index (χ1) is 13.8. The third-order valence-electron chi connectivity index (χ3n) is 4.11. The number of carbonyl (C=O) groups excluding carboxylic acids is 1. The first kappa shape index (κ1) is 20.4. The number of hydrogen-bond acceptors (Lipinski definition) is 5. The zero-order valence-electron chi connectivity index (χ0n) is 15.9. The summed E-state index contributed by atoms with van der Waals surface area (Å²) in [6, 6.07) is 15.6. The van der Waals surface area contributed by atoms with Crippen molar-refractivity contribution in [2.75, 3.05) is 6.61 Å². The number of carbonyl (C=O) groups is 1. The molecule has 28 heavy (non-hydrogen) atoms. The van der Waals surface area contributed by atoms with Gasteiger partial charge in [0.1, 0.15) is 5.75 Å². The molecule has 0 radical (unpaired) electrons. The van der Waals surface area contributed by atoms with Crippen LogP contribution in [0.3, 0.4) is 0 Å². The summed E-state index contributed by atoms with van der Waals surface area (Å²) in [7, 11) is 0. The Labute approximate surface area is 174 Å². The van der Waals surface area contributed by atoms with Gasteiger partial charge in [-0.15, -0.1) is 23.1 Å². The van der Waals surface area contributed by atoms with E-state index in [0.717, 1.165) is 47.1 Å². The Hall–Kier alpha value is -2.31. The summed E-state index contributed by atoms with van der Waals surface area (Å²) in [5.74, 6) is 1.53. The van der Waals surface area contributed by atoms with Crippen molar-refractivity contribution in [2.24, 2.45) is 0 Å². The molecule has 2 aromatic carbocycles. The molecule has 0 fully saturated rings. The Kier molecular flexibility index (Phi) is 7.94. The SMILES string of the molecule is CCCCOc1cccc(CNC(=O)c2ccccc2SCc2cscn2)c1. The van der Waals surface area contributed by atoms with E-state index in [0.29, 0.717) is 12.1 Å². The van der Waals surface area contributed by atoms with Gasteiger partial charge in [0.25, 0.3) is 5.91 Å². The zero-order valence-corrected chi connectivity index (χ0v) is 17.5. The van der Waals surface area contributed by atoms with Gasteiger partial charge in [0.2, 0.25) is 0 Å². The lowest BCUT2D eigenvalue weighted by Gasteiger charge is -2.11. The highest BCUT2D eigenvalue weighted by Gasteiger charge is 2.12. The number of hydrogen-bond donors (Lipinski definition) is 1. The molecule has 3 aromatic rings. The van der Waals surface area contributed by atoms with Gasteiger partial charge < -0.3 is 10.1 Å². The fraction of sp³-hybridized carbons (Fsp3) is 0.273. The maximum atomic E-state index is 12.7.